The molecule has 2 N–H and O–H groups in total. The van der Waals surface area contributed by atoms with E-state index in [-0.39, 0.29) is 24.4 Å². The Balaban J connectivity index is 1.63. The third-order valence-electron chi connectivity index (χ3n) is 4.84. The van der Waals surface area contributed by atoms with Crippen LogP contribution >= 0.6 is 0 Å². The number of hydrogen-bond donors (Lipinski definition) is 2. The molecular weight excluding hydrogens is 242 g/mol. The van der Waals surface area contributed by atoms with Crippen molar-refractivity contribution < 1.29 is 9.59 Å². The molecule has 5 nitrogen and oxygen atoms in total. The van der Waals surface area contributed by atoms with Crippen LogP contribution in [0.25, 0.3) is 0 Å². The molecule has 1 aliphatic carbocycles. The normalized spacial score (nSPS) is 32.6. The van der Waals surface area contributed by atoms with E-state index in [1.54, 1.807) is 0 Å². The maximum Gasteiger partial charge on any atom is 0.241 e. The van der Waals surface area contributed by atoms with Crippen LogP contribution in [-0.2, 0) is 9.59 Å². The van der Waals surface area contributed by atoms with Crippen LogP contribution in [0, 0.1) is 5.92 Å². The largest absolute Gasteiger partial charge is 0.353 e. The topological polar surface area (TPSA) is 61.4 Å². The Labute approximate surface area is 114 Å². The summed E-state index contributed by atoms with van der Waals surface area (Å²) >= 11 is 0. The highest BCUT2D eigenvalue weighted by molar-refractivity contribution is 5.87. The van der Waals surface area contributed by atoms with Crippen molar-refractivity contribution in [2.24, 2.45) is 5.92 Å². The summed E-state index contributed by atoms with van der Waals surface area (Å²) in [5, 5.41) is 5.83. The molecule has 2 saturated heterocycles. The van der Waals surface area contributed by atoms with E-state index >= 15 is 0 Å². The van der Waals surface area contributed by atoms with Crippen LogP contribution in [0.2, 0.25) is 0 Å². The average Bonchev–Trinajstić information content (AvgIpc) is 3.09. The monoisotopic (exact) mass is 265 g/mol. The van der Waals surface area contributed by atoms with Gasteiger partial charge in [-0.25, -0.2) is 0 Å². The van der Waals surface area contributed by atoms with Gasteiger partial charge in [-0.15, -0.1) is 0 Å². The molecule has 0 aromatic carbocycles. The second-order valence-corrected chi connectivity index (χ2v) is 6.02. The van der Waals surface area contributed by atoms with Crippen LogP contribution < -0.4 is 10.6 Å². The molecule has 0 spiro atoms. The molecular formula is C14H23N3O2. The van der Waals surface area contributed by atoms with E-state index in [2.05, 4.69) is 15.5 Å². The van der Waals surface area contributed by atoms with Crippen molar-refractivity contribution in [3.05, 3.63) is 0 Å². The lowest BCUT2D eigenvalue weighted by molar-refractivity contribution is -0.136. The molecule has 106 valence electrons. The van der Waals surface area contributed by atoms with Gasteiger partial charge in [-0.2, -0.15) is 0 Å². The molecule has 3 rings (SSSR count). The summed E-state index contributed by atoms with van der Waals surface area (Å²) in [6.07, 6.45) is 7.50. The Morgan fingerprint density at radius 2 is 1.95 bits per heavy atom. The van der Waals surface area contributed by atoms with E-state index in [1.165, 1.54) is 25.7 Å². The molecule has 1 saturated carbocycles. The first-order chi connectivity index (χ1) is 9.25. The molecule has 19 heavy (non-hydrogen) atoms. The highest BCUT2D eigenvalue weighted by atomic mass is 16.2. The predicted molar refractivity (Wildman–Crippen MR) is 71.5 cm³/mol. The first kappa shape index (κ1) is 12.9. The van der Waals surface area contributed by atoms with Crippen molar-refractivity contribution in [3.63, 3.8) is 0 Å². The number of piperazine rings is 1. The van der Waals surface area contributed by atoms with Crippen LogP contribution in [0.15, 0.2) is 0 Å². The van der Waals surface area contributed by atoms with Gasteiger partial charge in [-0.05, 0) is 31.6 Å². The standard InChI is InChI=1S/C14H23N3O2/c18-13-9-15-11(8-16-13)14(19)17-7-3-6-12(17)10-4-1-2-5-10/h10-12,15H,1-9H2,(H,16,18). The van der Waals surface area contributed by atoms with Gasteiger partial charge in [-0.3, -0.25) is 14.9 Å². The summed E-state index contributed by atoms with van der Waals surface area (Å²) in [5.41, 5.74) is 0. The van der Waals surface area contributed by atoms with Gasteiger partial charge in [0.25, 0.3) is 0 Å². The zero-order chi connectivity index (χ0) is 13.2. The molecule has 0 aromatic rings. The van der Waals surface area contributed by atoms with Crippen LogP contribution in [0.3, 0.4) is 0 Å². The number of carbonyl (C=O) groups excluding carboxylic acids is 2. The van der Waals surface area contributed by atoms with Crippen LogP contribution in [-0.4, -0.2) is 48.4 Å². The van der Waals surface area contributed by atoms with Gasteiger partial charge in [0.1, 0.15) is 6.04 Å². The molecule has 2 unspecified atom stereocenters. The number of nitrogens with one attached hydrogen (secondary N) is 2. The molecule has 5 heteroatoms. The predicted octanol–water partition coefficient (Wildman–Crippen LogP) is 0.256. The Bertz CT molecular complexity index is 356. The highest BCUT2D eigenvalue weighted by Gasteiger charge is 2.38. The minimum atomic E-state index is -0.222. The van der Waals surface area contributed by atoms with Crippen LogP contribution in [0.1, 0.15) is 38.5 Å². The second kappa shape index (κ2) is 5.49. The van der Waals surface area contributed by atoms with E-state index in [1.807, 2.05) is 0 Å². The lowest BCUT2D eigenvalue weighted by Gasteiger charge is -2.34. The van der Waals surface area contributed by atoms with Crippen molar-refractivity contribution in [1.82, 2.24) is 15.5 Å². The van der Waals surface area contributed by atoms with Crippen LogP contribution in [0.5, 0.6) is 0 Å². The zero-order valence-corrected chi connectivity index (χ0v) is 11.4. The Kier molecular flexibility index (Phi) is 3.73. The van der Waals surface area contributed by atoms with Gasteiger partial charge in [0, 0.05) is 19.1 Å². The summed E-state index contributed by atoms with van der Waals surface area (Å²) in [4.78, 5) is 25.8. The quantitative estimate of drug-likeness (QED) is 0.752. The van der Waals surface area contributed by atoms with Gasteiger partial charge in [0.15, 0.2) is 0 Å². The first-order valence-electron chi connectivity index (χ1n) is 7.56. The van der Waals surface area contributed by atoms with Gasteiger partial charge in [-0.1, -0.05) is 12.8 Å². The lowest BCUT2D eigenvalue weighted by atomic mass is 9.95. The van der Waals surface area contributed by atoms with Gasteiger partial charge in [0.05, 0.1) is 6.54 Å². The fraction of sp³-hybridized carbons (Fsp3) is 0.857. The molecule has 2 amide bonds. The molecule has 2 aliphatic heterocycles. The molecule has 0 radical (unpaired) electrons. The number of carbonyl (C=O) groups is 2. The minimum Gasteiger partial charge on any atom is -0.353 e. The smallest absolute Gasteiger partial charge is 0.241 e. The van der Waals surface area contributed by atoms with E-state index in [0.29, 0.717) is 18.5 Å². The summed E-state index contributed by atoms with van der Waals surface area (Å²) in [5.74, 6) is 0.886. The summed E-state index contributed by atoms with van der Waals surface area (Å²) in [6, 6.07) is 0.231. The molecule has 0 bridgehead atoms. The van der Waals surface area contributed by atoms with E-state index < -0.39 is 0 Å². The number of nitrogens with zero attached hydrogens (tertiary/aromatic N) is 1. The first-order valence-corrected chi connectivity index (χ1v) is 7.56. The number of likely N-dealkylation sites (tertiary alicyclic amines) is 1. The van der Waals surface area contributed by atoms with Crippen LogP contribution in [0.4, 0.5) is 0 Å². The SMILES string of the molecule is O=C1CNC(C(=O)N2CCCC2C2CCCC2)CN1. The fourth-order valence-corrected chi connectivity index (χ4v) is 3.84. The van der Waals surface area contributed by atoms with Crippen molar-refractivity contribution in [3.8, 4) is 0 Å². The molecule has 2 heterocycles. The minimum absolute atomic E-state index is 0.0159. The van der Waals surface area contributed by atoms with Gasteiger partial charge < -0.3 is 10.2 Å². The molecule has 3 aliphatic rings. The van der Waals surface area contributed by atoms with E-state index in [9.17, 15) is 9.59 Å². The third kappa shape index (κ3) is 2.61. The lowest BCUT2D eigenvalue weighted by Crippen LogP contribution is -2.59. The average molecular weight is 265 g/mol. The van der Waals surface area contributed by atoms with E-state index in [4.69, 9.17) is 0 Å². The fourth-order valence-electron chi connectivity index (χ4n) is 3.84. The molecule has 2 atom stereocenters. The molecule has 3 fully saturated rings. The Morgan fingerprint density at radius 1 is 1.16 bits per heavy atom. The van der Waals surface area contributed by atoms with E-state index in [0.717, 1.165) is 19.4 Å². The second-order valence-electron chi connectivity index (χ2n) is 6.02. The summed E-state index contributed by atoms with van der Waals surface area (Å²) in [6.45, 7) is 1.59. The number of amides is 2. The van der Waals surface area contributed by atoms with Crippen molar-refractivity contribution >= 4 is 11.8 Å². The van der Waals surface area contributed by atoms with Gasteiger partial charge in [0.2, 0.25) is 11.8 Å². The Morgan fingerprint density at radius 3 is 2.63 bits per heavy atom. The maximum atomic E-state index is 12.6. The maximum absolute atomic E-state index is 12.6. The summed E-state index contributed by atoms with van der Waals surface area (Å²) in [7, 11) is 0. The van der Waals surface area contributed by atoms with Crippen molar-refractivity contribution in [2.45, 2.75) is 50.6 Å². The summed E-state index contributed by atoms with van der Waals surface area (Å²) < 4.78 is 0. The van der Waals surface area contributed by atoms with Crippen molar-refractivity contribution in [2.75, 3.05) is 19.6 Å². The van der Waals surface area contributed by atoms with Gasteiger partial charge >= 0.3 is 0 Å². The molecule has 0 aromatic heterocycles. The number of hydrogen-bond acceptors (Lipinski definition) is 3. The van der Waals surface area contributed by atoms with Crippen molar-refractivity contribution in [1.29, 1.82) is 0 Å². The Hall–Kier alpha value is -1.10. The number of rotatable bonds is 2. The third-order valence-corrected chi connectivity index (χ3v) is 4.84. The highest BCUT2D eigenvalue weighted by Crippen LogP contribution is 2.35. The zero-order valence-electron chi connectivity index (χ0n) is 11.4.